The van der Waals surface area contributed by atoms with Crippen LogP contribution in [0, 0.1) is 12.7 Å². The number of hydrogen-bond donors (Lipinski definition) is 2. The first-order chi connectivity index (χ1) is 14.0. The molecule has 0 spiro atoms. The molecular formula is C20H27FN6O2. The Morgan fingerprint density at radius 1 is 1.21 bits per heavy atom. The van der Waals surface area contributed by atoms with Crippen molar-refractivity contribution in [3.8, 4) is 5.69 Å². The van der Waals surface area contributed by atoms with Gasteiger partial charge in [0.25, 0.3) is 5.91 Å². The molecule has 2 N–H and O–H groups in total. The second kappa shape index (κ2) is 9.60. The Morgan fingerprint density at radius 2 is 1.90 bits per heavy atom. The van der Waals surface area contributed by atoms with Crippen molar-refractivity contribution in [2.75, 3.05) is 26.2 Å². The van der Waals surface area contributed by atoms with E-state index in [2.05, 4.69) is 25.6 Å². The van der Waals surface area contributed by atoms with E-state index in [0.717, 1.165) is 32.4 Å². The van der Waals surface area contributed by atoms with Gasteiger partial charge in [0.1, 0.15) is 11.6 Å². The van der Waals surface area contributed by atoms with E-state index in [9.17, 15) is 14.0 Å². The average Bonchev–Trinajstić information content (AvgIpc) is 3.10. The molecule has 0 atom stereocenters. The number of aryl methyl sites for hydroxylation is 1. The van der Waals surface area contributed by atoms with Crippen LogP contribution in [0.25, 0.3) is 5.69 Å². The molecular weight excluding hydrogens is 375 g/mol. The van der Waals surface area contributed by atoms with Crippen LogP contribution in [0.4, 0.5) is 4.39 Å². The van der Waals surface area contributed by atoms with Crippen molar-refractivity contribution in [1.29, 1.82) is 0 Å². The van der Waals surface area contributed by atoms with Crippen LogP contribution >= 0.6 is 0 Å². The van der Waals surface area contributed by atoms with Crippen LogP contribution in [0.3, 0.4) is 0 Å². The van der Waals surface area contributed by atoms with Gasteiger partial charge in [-0.15, -0.1) is 5.10 Å². The molecule has 0 bridgehead atoms. The maximum absolute atomic E-state index is 13.1. The van der Waals surface area contributed by atoms with Gasteiger partial charge in [0, 0.05) is 25.7 Å². The zero-order valence-corrected chi connectivity index (χ0v) is 16.8. The molecule has 1 saturated heterocycles. The first kappa shape index (κ1) is 20.9. The number of benzene rings is 1. The van der Waals surface area contributed by atoms with Crippen LogP contribution in [-0.2, 0) is 4.79 Å². The van der Waals surface area contributed by atoms with E-state index in [1.165, 1.54) is 16.8 Å². The summed E-state index contributed by atoms with van der Waals surface area (Å²) in [5.74, 6) is 0.0231. The Balaban J connectivity index is 1.52. The minimum Gasteiger partial charge on any atom is -0.355 e. The van der Waals surface area contributed by atoms with E-state index in [0.29, 0.717) is 24.6 Å². The summed E-state index contributed by atoms with van der Waals surface area (Å²) in [5.41, 5.74) is 0.644. The summed E-state index contributed by atoms with van der Waals surface area (Å²) < 4.78 is 14.6. The summed E-state index contributed by atoms with van der Waals surface area (Å²) in [6.07, 6.45) is 2.46. The Bertz CT molecular complexity index is 843. The Hall–Kier alpha value is -2.81. The zero-order valence-electron chi connectivity index (χ0n) is 16.8. The number of rotatable bonds is 7. The van der Waals surface area contributed by atoms with Gasteiger partial charge in [0.2, 0.25) is 11.7 Å². The molecule has 3 rings (SSSR count). The highest BCUT2D eigenvalue weighted by molar-refractivity contribution is 5.90. The number of nitrogens with one attached hydrogen (secondary N) is 2. The number of halogens is 1. The largest absolute Gasteiger partial charge is 0.355 e. The van der Waals surface area contributed by atoms with E-state index in [4.69, 9.17) is 0 Å². The van der Waals surface area contributed by atoms with Crippen LogP contribution < -0.4 is 10.6 Å². The van der Waals surface area contributed by atoms with Crippen molar-refractivity contribution in [3.63, 3.8) is 0 Å². The lowest BCUT2D eigenvalue weighted by Gasteiger charge is -2.31. The van der Waals surface area contributed by atoms with Crippen LogP contribution in [0.1, 0.15) is 42.6 Å². The summed E-state index contributed by atoms with van der Waals surface area (Å²) in [6, 6.07) is 5.88. The van der Waals surface area contributed by atoms with Crippen molar-refractivity contribution in [2.24, 2.45) is 0 Å². The fourth-order valence-electron chi connectivity index (χ4n) is 3.32. The van der Waals surface area contributed by atoms with E-state index in [1.54, 1.807) is 19.1 Å². The van der Waals surface area contributed by atoms with E-state index >= 15 is 0 Å². The molecule has 9 heteroatoms. The predicted molar refractivity (Wildman–Crippen MR) is 106 cm³/mol. The molecule has 1 aliphatic heterocycles. The van der Waals surface area contributed by atoms with Gasteiger partial charge in [-0.2, -0.15) is 0 Å². The summed E-state index contributed by atoms with van der Waals surface area (Å²) in [6.45, 7) is 6.36. The van der Waals surface area contributed by atoms with Gasteiger partial charge in [0.05, 0.1) is 12.2 Å². The Morgan fingerprint density at radius 3 is 2.55 bits per heavy atom. The van der Waals surface area contributed by atoms with Crippen molar-refractivity contribution in [3.05, 3.63) is 41.7 Å². The minimum absolute atomic E-state index is 0.0236. The Kier molecular flexibility index (Phi) is 6.92. The zero-order chi connectivity index (χ0) is 20.8. The van der Waals surface area contributed by atoms with Crippen molar-refractivity contribution in [1.82, 2.24) is 30.3 Å². The SMILES string of the molecule is CCCNC(=O)CN1CCC(NC(=O)c2nc(C)n(-c3ccc(F)cc3)n2)CC1. The molecule has 1 fully saturated rings. The molecule has 2 aromatic rings. The molecule has 29 heavy (non-hydrogen) atoms. The number of aromatic nitrogens is 3. The lowest BCUT2D eigenvalue weighted by atomic mass is 10.0. The normalized spacial score (nSPS) is 15.3. The van der Waals surface area contributed by atoms with Crippen molar-refractivity contribution >= 4 is 11.8 Å². The molecule has 1 aliphatic rings. The molecule has 2 heterocycles. The number of hydrogen-bond acceptors (Lipinski definition) is 5. The molecule has 0 radical (unpaired) electrons. The number of carbonyl (C=O) groups excluding carboxylic acids is 2. The van der Waals surface area contributed by atoms with Crippen LogP contribution in [0.2, 0.25) is 0 Å². The number of amides is 2. The molecule has 0 aliphatic carbocycles. The first-order valence-electron chi connectivity index (χ1n) is 9.95. The molecule has 1 aromatic carbocycles. The van der Waals surface area contributed by atoms with Gasteiger partial charge in [0.15, 0.2) is 0 Å². The smallest absolute Gasteiger partial charge is 0.291 e. The first-order valence-corrected chi connectivity index (χ1v) is 9.95. The fourth-order valence-corrected chi connectivity index (χ4v) is 3.32. The van der Waals surface area contributed by atoms with Crippen LogP contribution in [0.15, 0.2) is 24.3 Å². The topological polar surface area (TPSA) is 92.2 Å². The molecule has 1 aromatic heterocycles. The lowest BCUT2D eigenvalue weighted by molar-refractivity contribution is -0.122. The second-order valence-corrected chi connectivity index (χ2v) is 7.24. The second-order valence-electron chi connectivity index (χ2n) is 7.24. The summed E-state index contributed by atoms with van der Waals surface area (Å²) in [5, 5.41) is 10.1. The third-order valence-corrected chi connectivity index (χ3v) is 4.91. The van der Waals surface area contributed by atoms with E-state index in [-0.39, 0.29) is 29.5 Å². The van der Waals surface area contributed by atoms with Crippen LogP contribution in [-0.4, -0.2) is 63.7 Å². The maximum atomic E-state index is 13.1. The van der Waals surface area contributed by atoms with Gasteiger partial charge in [-0.3, -0.25) is 14.5 Å². The lowest BCUT2D eigenvalue weighted by Crippen LogP contribution is -2.47. The van der Waals surface area contributed by atoms with Crippen molar-refractivity contribution < 1.29 is 14.0 Å². The van der Waals surface area contributed by atoms with E-state index < -0.39 is 0 Å². The average molecular weight is 402 g/mol. The molecule has 156 valence electrons. The summed E-state index contributed by atoms with van der Waals surface area (Å²) >= 11 is 0. The van der Waals surface area contributed by atoms with Gasteiger partial charge in [-0.05, 0) is 50.5 Å². The molecule has 8 nitrogen and oxygen atoms in total. The van der Waals surface area contributed by atoms with Crippen LogP contribution in [0.5, 0.6) is 0 Å². The van der Waals surface area contributed by atoms with Gasteiger partial charge >= 0.3 is 0 Å². The third-order valence-electron chi connectivity index (χ3n) is 4.91. The number of piperidine rings is 1. The number of nitrogens with zero attached hydrogens (tertiary/aromatic N) is 4. The molecule has 2 amide bonds. The number of carbonyl (C=O) groups is 2. The maximum Gasteiger partial charge on any atom is 0.291 e. The van der Waals surface area contributed by atoms with Gasteiger partial charge < -0.3 is 10.6 Å². The van der Waals surface area contributed by atoms with Gasteiger partial charge in [-0.25, -0.2) is 14.1 Å². The monoisotopic (exact) mass is 402 g/mol. The fraction of sp³-hybridized carbons (Fsp3) is 0.500. The molecule has 0 saturated carbocycles. The van der Waals surface area contributed by atoms with E-state index in [1.807, 2.05) is 6.92 Å². The number of likely N-dealkylation sites (tertiary alicyclic amines) is 1. The highest BCUT2D eigenvalue weighted by atomic mass is 19.1. The highest BCUT2D eigenvalue weighted by Gasteiger charge is 2.24. The Labute approximate surface area is 169 Å². The quantitative estimate of drug-likeness (QED) is 0.731. The standard InChI is InChI=1S/C20H27FN6O2/c1-3-10-22-18(28)13-26-11-8-16(9-12-26)24-20(29)19-23-14(2)27(25-19)17-6-4-15(21)5-7-17/h4-7,16H,3,8-13H2,1-2H3,(H,22,28)(H,24,29). The van der Waals surface area contributed by atoms with Gasteiger partial charge in [-0.1, -0.05) is 6.92 Å². The summed E-state index contributed by atoms with van der Waals surface area (Å²) in [7, 11) is 0. The van der Waals surface area contributed by atoms with Crippen molar-refractivity contribution in [2.45, 2.75) is 39.2 Å². The summed E-state index contributed by atoms with van der Waals surface area (Å²) in [4.78, 5) is 30.7. The molecule has 0 unspecified atom stereocenters. The third kappa shape index (κ3) is 5.60. The highest BCUT2D eigenvalue weighted by Crippen LogP contribution is 2.13. The minimum atomic E-state index is -0.335. The predicted octanol–water partition coefficient (Wildman–Crippen LogP) is 1.44.